The number of nitrogens with one attached hydrogen (secondary N) is 1. The molecule has 4 heteroatoms. The first-order chi connectivity index (χ1) is 8.22. The standard InChI is InChI=1S/C13H18Br2N2/c14-10-5-3-6-11(15)13(10)17-12-7-2-1-4-9(12)8-16/h3,5-6,9,12,17H,1-2,4,7-8,16H2. The third-order valence-electron chi connectivity index (χ3n) is 3.50. The maximum Gasteiger partial charge on any atom is 0.0631 e. The van der Waals surface area contributed by atoms with E-state index in [4.69, 9.17) is 5.73 Å². The van der Waals surface area contributed by atoms with E-state index in [1.54, 1.807) is 0 Å². The van der Waals surface area contributed by atoms with Gasteiger partial charge in [-0.05, 0) is 69.3 Å². The van der Waals surface area contributed by atoms with Crippen molar-refractivity contribution in [1.82, 2.24) is 0 Å². The average molecular weight is 362 g/mol. The number of anilines is 1. The summed E-state index contributed by atoms with van der Waals surface area (Å²) < 4.78 is 2.21. The maximum absolute atomic E-state index is 5.86. The fourth-order valence-corrected chi connectivity index (χ4v) is 3.73. The molecule has 1 fully saturated rings. The van der Waals surface area contributed by atoms with Crippen molar-refractivity contribution in [2.45, 2.75) is 31.7 Å². The van der Waals surface area contributed by atoms with E-state index in [-0.39, 0.29) is 0 Å². The summed E-state index contributed by atoms with van der Waals surface area (Å²) >= 11 is 7.18. The van der Waals surface area contributed by atoms with E-state index in [2.05, 4.69) is 49.3 Å². The smallest absolute Gasteiger partial charge is 0.0631 e. The Balaban J connectivity index is 2.13. The van der Waals surface area contributed by atoms with E-state index in [0.717, 1.165) is 21.2 Å². The highest BCUT2D eigenvalue weighted by Crippen LogP contribution is 2.34. The zero-order valence-electron chi connectivity index (χ0n) is 9.76. The molecular weight excluding hydrogens is 344 g/mol. The Bertz CT molecular complexity index is 361. The fraction of sp³-hybridized carbons (Fsp3) is 0.538. The summed E-state index contributed by atoms with van der Waals surface area (Å²) in [4.78, 5) is 0. The minimum absolute atomic E-state index is 0.503. The van der Waals surface area contributed by atoms with Gasteiger partial charge in [-0.25, -0.2) is 0 Å². The van der Waals surface area contributed by atoms with Gasteiger partial charge in [-0.1, -0.05) is 18.9 Å². The molecule has 1 aliphatic carbocycles. The molecule has 0 bridgehead atoms. The lowest BCUT2D eigenvalue weighted by molar-refractivity contribution is 0.332. The molecule has 0 aromatic heterocycles. The molecule has 1 aliphatic rings. The Morgan fingerprint density at radius 2 is 1.82 bits per heavy atom. The molecule has 1 aromatic carbocycles. The minimum Gasteiger partial charge on any atom is -0.380 e. The van der Waals surface area contributed by atoms with Crippen LogP contribution in [0, 0.1) is 5.92 Å². The molecule has 0 saturated heterocycles. The predicted molar refractivity (Wildman–Crippen MR) is 80.3 cm³/mol. The lowest BCUT2D eigenvalue weighted by atomic mass is 9.84. The van der Waals surface area contributed by atoms with Gasteiger partial charge in [-0.2, -0.15) is 0 Å². The van der Waals surface area contributed by atoms with Gasteiger partial charge in [0.05, 0.1) is 5.69 Å². The van der Waals surface area contributed by atoms with Gasteiger partial charge >= 0.3 is 0 Å². The van der Waals surface area contributed by atoms with E-state index in [1.165, 1.54) is 25.7 Å². The lowest BCUT2D eigenvalue weighted by Crippen LogP contribution is -2.36. The Morgan fingerprint density at radius 3 is 2.47 bits per heavy atom. The van der Waals surface area contributed by atoms with E-state index < -0.39 is 0 Å². The van der Waals surface area contributed by atoms with E-state index >= 15 is 0 Å². The normalized spacial score (nSPS) is 24.6. The highest BCUT2D eigenvalue weighted by Gasteiger charge is 2.24. The first kappa shape index (κ1) is 13.4. The van der Waals surface area contributed by atoms with Crippen LogP contribution in [-0.4, -0.2) is 12.6 Å². The molecule has 0 aliphatic heterocycles. The molecule has 0 amide bonds. The van der Waals surface area contributed by atoms with E-state index in [0.29, 0.717) is 12.0 Å². The van der Waals surface area contributed by atoms with Crippen molar-refractivity contribution in [1.29, 1.82) is 0 Å². The largest absolute Gasteiger partial charge is 0.380 e. The molecule has 3 N–H and O–H groups in total. The molecule has 2 nitrogen and oxygen atoms in total. The predicted octanol–water partition coefficient (Wildman–Crippen LogP) is 4.14. The molecule has 2 atom stereocenters. The van der Waals surface area contributed by atoms with Crippen molar-refractivity contribution in [3.63, 3.8) is 0 Å². The van der Waals surface area contributed by atoms with Crippen LogP contribution >= 0.6 is 31.9 Å². The second-order valence-electron chi connectivity index (χ2n) is 4.63. The Morgan fingerprint density at radius 1 is 1.18 bits per heavy atom. The molecule has 0 spiro atoms. The summed E-state index contributed by atoms with van der Waals surface area (Å²) in [6.07, 6.45) is 5.08. The Labute approximate surface area is 120 Å². The molecule has 17 heavy (non-hydrogen) atoms. The highest BCUT2D eigenvalue weighted by molar-refractivity contribution is 9.11. The minimum atomic E-state index is 0.503. The summed E-state index contributed by atoms with van der Waals surface area (Å²) in [7, 11) is 0. The van der Waals surface area contributed by atoms with Crippen molar-refractivity contribution in [2.75, 3.05) is 11.9 Å². The van der Waals surface area contributed by atoms with Gasteiger partial charge in [0.1, 0.15) is 0 Å². The van der Waals surface area contributed by atoms with Crippen LogP contribution in [-0.2, 0) is 0 Å². The van der Waals surface area contributed by atoms with Crippen LogP contribution < -0.4 is 11.1 Å². The number of halogens is 2. The van der Waals surface area contributed by atoms with Crippen molar-refractivity contribution in [3.05, 3.63) is 27.1 Å². The average Bonchev–Trinajstić information content (AvgIpc) is 2.34. The van der Waals surface area contributed by atoms with Crippen molar-refractivity contribution in [3.8, 4) is 0 Å². The molecule has 1 saturated carbocycles. The number of rotatable bonds is 3. The second-order valence-corrected chi connectivity index (χ2v) is 6.34. The van der Waals surface area contributed by atoms with Crippen LogP contribution in [0.1, 0.15) is 25.7 Å². The zero-order chi connectivity index (χ0) is 12.3. The summed E-state index contributed by atoms with van der Waals surface area (Å²) in [6.45, 7) is 0.778. The summed E-state index contributed by atoms with van der Waals surface area (Å²) in [5, 5.41) is 3.64. The van der Waals surface area contributed by atoms with Crippen molar-refractivity contribution >= 4 is 37.5 Å². The highest BCUT2D eigenvalue weighted by atomic mass is 79.9. The van der Waals surface area contributed by atoms with Gasteiger partial charge in [0, 0.05) is 15.0 Å². The van der Waals surface area contributed by atoms with Gasteiger partial charge in [-0.15, -0.1) is 0 Å². The van der Waals surface area contributed by atoms with Gasteiger partial charge < -0.3 is 11.1 Å². The quantitative estimate of drug-likeness (QED) is 0.848. The monoisotopic (exact) mass is 360 g/mol. The zero-order valence-corrected chi connectivity index (χ0v) is 12.9. The molecule has 1 aromatic rings. The van der Waals surface area contributed by atoms with E-state index in [1.807, 2.05) is 6.07 Å². The maximum atomic E-state index is 5.86. The van der Waals surface area contributed by atoms with Gasteiger partial charge in [0.2, 0.25) is 0 Å². The topological polar surface area (TPSA) is 38.0 Å². The third kappa shape index (κ3) is 3.24. The van der Waals surface area contributed by atoms with Crippen LogP contribution in [0.15, 0.2) is 27.1 Å². The first-order valence-electron chi connectivity index (χ1n) is 6.13. The van der Waals surface area contributed by atoms with Crippen LogP contribution in [0.5, 0.6) is 0 Å². The lowest BCUT2D eigenvalue weighted by Gasteiger charge is -2.32. The van der Waals surface area contributed by atoms with Crippen molar-refractivity contribution < 1.29 is 0 Å². The van der Waals surface area contributed by atoms with E-state index in [9.17, 15) is 0 Å². The number of nitrogens with two attached hydrogens (primary N) is 1. The molecule has 94 valence electrons. The molecule has 2 unspecified atom stereocenters. The van der Waals surface area contributed by atoms with Crippen LogP contribution in [0.2, 0.25) is 0 Å². The molecule has 0 radical (unpaired) electrons. The second kappa shape index (κ2) is 6.21. The number of benzene rings is 1. The van der Waals surface area contributed by atoms with Crippen LogP contribution in [0.25, 0.3) is 0 Å². The Kier molecular flexibility index (Phi) is 4.88. The molecule has 0 heterocycles. The number of hydrogen-bond donors (Lipinski definition) is 2. The molecule has 2 rings (SSSR count). The van der Waals surface area contributed by atoms with Crippen LogP contribution in [0.3, 0.4) is 0 Å². The summed E-state index contributed by atoms with van der Waals surface area (Å²) in [6, 6.07) is 6.66. The molecular formula is C13H18Br2N2. The SMILES string of the molecule is NCC1CCCCC1Nc1c(Br)cccc1Br. The van der Waals surface area contributed by atoms with Crippen LogP contribution in [0.4, 0.5) is 5.69 Å². The number of hydrogen-bond acceptors (Lipinski definition) is 2. The Hall–Kier alpha value is -0.0600. The summed E-state index contributed by atoms with van der Waals surface area (Å²) in [5.74, 6) is 0.600. The number of para-hydroxylation sites is 1. The summed E-state index contributed by atoms with van der Waals surface area (Å²) in [5.41, 5.74) is 7.01. The van der Waals surface area contributed by atoms with Gasteiger partial charge in [0.25, 0.3) is 0 Å². The first-order valence-corrected chi connectivity index (χ1v) is 7.71. The van der Waals surface area contributed by atoms with Gasteiger partial charge in [0.15, 0.2) is 0 Å². The third-order valence-corrected chi connectivity index (χ3v) is 4.83. The fourth-order valence-electron chi connectivity index (χ4n) is 2.50. The van der Waals surface area contributed by atoms with Crippen molar-refractivity contribution in [2.24, 2.45) is 11.7 Å². The van der Waals surface area contributed by atoms with Gasteiger partial charge in [-0.3, -0.25) is 0 Å².